The smallest absolute Gasteiger partial charge is 0.303 e. The number of allylic oxidation sites excluding steroid dienone is 1. The molecule has 4 nitrogen and oxygen atoms in total. The van der Waals surface area contributed by atoms with E-state index in [1.165, 1.54) is 19.3 Å². The zero-order valence-electron chi connectivity index (χ0n) is 23.1. The minimum Gasteiger partial charge on any atom is -0.481 e. The number of aliphatic carboxylic acids is 1. The van der Waals surface area contributed by atoms with E-state index in [2.05, 4.69) is 55.0 Å². The Morgan fingerprint density at radius 1 is 0.909 bits per heavy atom. The molecule has 2 unspecified atom stereocenters. The van der Waals surface area contributed by atoms with E-state index in [0.29, 0.717) is 6.42 Å². The summed E-state index contributed by atoms with van der Waals surface area (Å²) in [6.45, 7) is 18.5. The Bertz CT molecular complexity index is 586. The first kappa shape index (κ1) is 32.1. The van der Waals surface area contributed by atoms with Crippen LogP contribution >= 0.6 is 0 Å². The molecule has 0 spiro atoms. The van der Waals surface area contributed by atoms with Crippen molar-refractivity contribution in [3.05, 3.63) is 12.2 Å². The molecule has 0 rings (SSSR count). The lowest BCUT2D eigenvalue weighted by Gasteiger charge is -2.45. The van der Waals surface area contributed by atoms with Crippen molar-refractivity contribution in [1.82, 2.24) is 0 Å². The van der Waals surface area contributed by atoms with Crippen molar-refractivity contribution in [3.63, 3.8) is 0 Å². The van der Waals surface area contributed by atoms with E-state index in [1.54, 1.807) is 6.08 Å². The van der Waals surface area contributed by atoms with Crippen LogP contribution in [-0.4, -0.2) is 31.3 Å². The third kappa shape index (κ3) is 16.3. The molecule has 2 atom stereocenters. The van der Waals surface area contributed by atoms with E-state index in [9.17, 15) is 9.59 Å². The molecule has 0 aromatic heterocycles. The van der Waals surface area contributed by atoms with Gasteiger partial charge in [-0.3, -0.25) is 9.59 Å². The highest BCUT2D eigenvalue weighted by atomic mass is 28.4. The second-order valence-corrected chi connectivity index (χ2v) is 16.8. The molecule has 0 aliphatic carbocycles. The van der Waals surface area contributed by atoms with Crippen molar-refractivity contribution >= 4 is 20.1 Å². The molecule has 194 valence electrons. The standard InChI is InChI=1S/C28H54O4Si/c1-9-10-14-20-25(32-33(8,28(5,6)7)23-27(2,3)4)21-17-19-24(29)18-15-12-11-13-16-22-26(30)31/h17,19,25H,9-16,18,20-23H2,1-8H3,(H,30,31)/b19-17+. The number of carboxylic acids is 1. The van der Waals surface area contributed by atoms with E-state index in [-0.39, 0.29) is 28.8 Å². The highest BCUT2D eigenvalue weighted by molar-refractivity contribution is 6.75. The van der Waals surface area contributed by atoms with Gasteiger partial charge in [-0.1, -0.05) is 93.1 Å². The van der Waals surface area contributed by atoms with Gasteiger partial charge in [-0.25, -0.2) is 0 Å². The predicted octanol–water partition coefficient (Wildman–Crippen LogP) is 8.70. The molecular formula is C28H54O4Si. The zero-order valence-corrected chi connectivity index (χ0v) is 24.1. The molecule has 0 saturated carbocycles. The molecule has 0 aromatic carbocycles. The maximum atomic E-state index is 12.3. The van der Waals surface area contributed by atoms with Crippen molar-refractivity contribution in [2.75, 3.05) is 0 Å². The van der Waals surface area contributed by atoms with Crippen LogP contribution in [0, 0.1) is 5.41 Å². The molecule has 1 N–H and O–H groups in total. The Kier molecular flexibility index (Phi) is 15.4. The highest BCUT2D eigenvalue weighted by Gasteiger charge is 2.45. The average molecular weight is 483 g/mol. The summed E-state index contributed by atoms with van der Waals surface area (Å²) in [5, 5.41) is 8.82. The molecular weight excluding hydrogens is 428 g/mol. The average Bonchev–Trinajstić information content (AvgIpc) is 2.64. The first-order chi connectivity index (χ1) is 15.2. The van der Waals surface area contributed by atoms with E-state index < -0.39 is 14.3 Å². The van der Waals surface area contributed by atoms with Gasteiger partial charge in [0, 0.05) is 18.9 Å². The SMILES string of the molecule is CCCCCC(C/C=C/C(=O)CCCCCCCC(=O)O)O[Si](C)(CC(C)(C)C)C(C)(C)C. The van der Waals surface area contributed by atoms with E-state index in [4.69, 9.17) is 9.53 Å². The molecule has 0 saturated heterocycles. The van der Waals surface area contributed by atoms with Crippen molar-refractivity contribution in [2.24, 2.45) is 5.41 Å². The van der Waals surface area contributed by atoms with Gasteiger partial charge in [0.15, 0.2) is 14.1 Å². The minimum absolute atomic E-state index is 0.160. The monoisotopic (exact) mass is 482 g/mol. The summed E-state index contributed by atoms with van der Waals surface area (Å²) < 4.78 is 6.99. The molecule has 0 aromatic rings. The Balaban J connectivity index is 4.78. The molecule has 33 heavy (non-hydrogen) atoms. The first-order valence-corrected chi connectivity index (χ1v) is 15.9. The number of carbonyl (C=O) groups is 2. The third-order valence-electron chi connectivity index (χ3n) is 6.53. The zero-order chi connectivity index (χ0) is 25.5. The van der Waals surface area contributed by atoms with E-state index in [0.717, 1.165) is 51.0 Å². The number of carboxylic acid groups (broad SMARTS) is 1. The summed E-state index contributed by atoms with van der Waals surface area (Å²) in [6.07, 6.45) is 14.8. The van der Waals surface area contributed by atoms with Crippen molar-refractivity contribution < 1.29 is 19.1 Å². The fourth-order valence-electron chi connectivity index (χ4n) is 4.25. The summed E-state index contributed by atoms with van der Waals surface area (Å²) in [4.78, 5) is 22.8. The Morgan fingerprint density at radius 3 is 2.00 bits per heavy atom. The number of hydrogen-bond donors (Lipinski definition) is 1. The van der Waals surface area contributed by atoms with Crippen LogP contribution in [0.5, 0.6) is 0 Å². The van der Waals surface area contributed by atoms with Gasteiger partial charge in [0.25, 0.3) is 0 Å². The van der Waals surface area contributed by atoms with Gasteiger partial charge in [-0.2, -0.15) is 0 Å². The second-order valence-electron chi connectivity index (χ2n) is 12.2. The molecule has 0 fully saturated rings. The van der Waals surface area contributed by atoms with Crippen molar-refractivity contribution in [3.8, 4) is 0 Å². The van der Waals surface area contributed by atoms with Crippen molar-refractivity contribution in [2.45, 2.75) is 149 Å². The largest absolute Gasteiger partial charge is 0.481 e. The molecule has 0 aliphatic rings. The third-order valence-corrected chi connectivity index (χ3v) is 12.3. The van der Waals surface area contributed by atoms with Crippen LogP contribution in [-0.2, 0) is 14.0 Å². The Hall–Kier alpha value is -0.943. The van der Waals surface area contributed by atoms with Crippen LogP contribution in [0.2, 0.25) is 17.6 Å². The van der Waals surface area contributed by atoms with Crippen LogP contribution in [0.25, 0.3) is 0 Å². The fraction of sp³-hybridized carbons (Fsp3) is 0.857. The van der Waals surface area contributed by atoms with Gasteiger partial charge in [0.1, 0.15) is 0 Å². The summed E-state index contributed by atoms with van der Waals surface area (Å²) in [5.74, 6) is -0.533. The molecule has 0 heterocycles. The maximum Gasteiger partial charge on any atom is 0.303 e. The summed E-state index contributed by atoms with van der Waals surface area (Å²) >= 11 is 0. The van der Waals surface area contributed by atoms with Gasteiger partial charge >= 0.3 is 5.97 Å². The molecule has 0 amide bonds. The van der Waals surface area contributed by atoms with Gasteiger partial charge in [-0.15, -0.1) is 0 Å². The van der Waals surface area contributed by atoms with E-state index >= 15 is 0 Å². The van der Waals surface area contributed by atoms with Crippen molar-refractivity contribution in [1.29, 1.82) is 0 Å². The lowest BCUT2D eigenvalue weighted by molar-refractivity contribution is -0.137. The molecule has 0 aliphatic heterocycles. The molecule has 5 heteroatoms. The topological polar surface area (TPSA) is 63.6 Å². The number of rotatable bonds is 18. The summed E-state index contributed by atoms with van der Waals surface area (Å²) in [6, 6.07) is 1.13. The Morgan fingerprint density at radius 2 is 1.48 bits per heavy atom. The lowest BCUT2D eigenvalue weighted by atomic mass is 10.0. The van der Waals surface area contributed by atoms with Gasteiger partial charge in [-0.05, 0) is 54.8 Å². The summed E-state index contributed by atoms with van der Waals surface area (Å²) in [5.41, 5.74) is 0.238. The van der Waals surface area contributed by atoms with Gasteiger partial charge in [0.2, 0.25) is 0 Å². The van der Waals surface area contributed by atoms with Crippen LogP contribution < -0.4 is 0 Å². The predicted molar refractivity (Wildman–Crippen MR) is 143 cm³/mol. The molecule has 0 bridgehead atoms. The Labute approximate surface area is 206 Å². The second kappa shape index (κ2) is 15.9. The number of carbonyl (C=O) groups excluding carboxylic acids is 1. The normalized spacial score (nSPS) is 15.5. The quantitative estimate of drug-likeness (QED) is 0.120. The van der Waals surface area contributed by atoms with Crippen LogP contribution in [0.3, 0.4) is 0 Å². The van der Waals surface area contributed by atoms with Crippen LogP contribution in [0.4, 0.5) is 0 Å². The first-order valence-electron chi connectivity index (χ1n) is 13.3. The fourth-order valence-corrected chi connectivity index (χ4v) is 8.19. The van der Waals surface area contributed by atoms with Crippen LogP contribution in [0.15, 0.2) is 12.2 Å². The minimum atomic E-state index is -1.99. The maximum absolute atomic E-state index is 12.3. The van der Waals surface area contributed by atoms with E-state index in [1.807, 2.05) is 6.08 Å². The summed E-state index contributed by atoms with van der Waals surface area (Å²) in [7, 11) is -1.99. The highest BCUT2D eigenvalue weighted by Crippen LogP contribution is 2.45. The van der Waals surface area contributed by atoms with Crippen LogP contribution in [0.1, 0.15) is 126 Å². The van der Waals surface area contributed by atoms with Gasteiger partial charge in [0.05, 0.1) is 0 Å². The molecule has 0 radical (unpaired) electrons. The number of hydrogen-bond acceptors (Lipinski definition) is 3. The lowest BCUT2D eigenvalue weighted by Crippen LogP contribution is -2.49. The van der Waals surface area contributed by atoms with Gasteiger partial charge < -0.3 is 9.53 Å². The number of unbranched alkanes of at least 4 members (excludes halogenated alkanes) is 6. The number of ketones is 1.